The van der Waals surface area contributed by atoms with Gasteiger partial charge in [-0.25, -0.2) is 0 Å². The van der Waals surface area contributed by atoms with E-state index < -0.39 is 6.04 Å². The molecule has 4 rings (SSSR count). The molecule has 0 bridgehead atoms. The Bertz CT molecular complexity index is 1170. The molecule has 36 heavy (non-hydrogen) atoms. The van der Waals surface area contributed by atoms with Gasteiger partial charge in [0.05, 0.1) is 0 Å². The molecule has 1 unspecified atom stereocenters. The van der Waals surface area contributed by atoms with Crippen molar-refractivity contribution in [2.45, 2.75) is 25.4 Å². The fourth-order valence-electron chi connectivity index (χ4n) is 4.28. The van der Waals surface area contributed by atoms with Crippen LogP contribution in [0.15, 0.2) is 85.1 Å². The van der Waals surface area contributed by atoms with Gasteiger partial charge >= 0.3 is 0 Å². The normalized spacial score (nSPS) is 13.6. The van der Waals surface area contributed by atoms with Crippen LogP contribution in [0.5, 0.6) is 0 Å². The van der Waals surface area contributed by atoms with Crippen LogP contribution in [0.4, 0.5) is 0 Å². The van der Waals surface area contributed by atoms with Gasteiger partial charge in [-0.1, -0.05) is 60.7 Å². The molecule has 5 nitrogen and oxygen atoms in total. The van der Waals surface area contributed by atoms with Crippen LogP contribution in [-0.4, -0.2) is 53.3 Å². The summed E-state index contributed by atoms with van der Waals surface area (Å²) in [6.07, 6.45) is 11.4. The molecular weight excluding hydrogens is 486 g/mol. The number of carbonyl (C=O) groups is 2. The topological polar surface area (TPSA) is 52.7 Å². The summed E-state index contributed by atoms with van der Waals surface area (Å²) < 4.78 is 1.12. The first kappa shape index (κ1) is 26.0. The maximum Gasteiger partial charge on any atom is 0.248 e. The highest BCUT2D eigenvalue weighted by molar-refractivity contribution is 7.98. The predicted octanol–water partition coefficient (Wildman–Crippen LogP) is 5.62. The highest BCUT2D eigenvalue weighted by Gasteiger charge is 2.32. The number of benzene rings is 2. The van der Waals surface area contributed by atoms with Crippen LogP contribution in [0.1, 0.15) is 29.3 Å². The number of allylic oxidation sites excluding steroid dienone is 2. The molecule has 2 aromatic carbocycles. The first-order chi connectivity index (χ1) is 17.7. The summed E-state index contributed by atoms with van der Waals surface area (Å²) in [5.74, 6) is 0.667. The molecule has 0 fully saturated rings. The Hall–Kier alpha value is -3.03. The second-order valence-electron chi connectivity index (χ2n) is 8.74. The Morgan fingerprint density at radius 2 is 1.92 bits per heavy atom. The van der Waals surface area contributed by atoms with Gasteiger partial charge in [0.2, 0.25) is 11.8 Å². The third-order valence-corrected chi connectivity index (χ3v) is 7.92. The lowest BCUT2D eigenvalue weighted by Gasteiger charge is -2.31. The van der Waals surface area contributed by atoms with E-state index in [-0.39, 0.29) is 11.8 Å². The zero-order valence-electron chi connectivity index (χ0n) is 20.6. The van der Waals surface area contributed by atoms with E-state index >= 15 is 0 Å². The van der Waals surface area contributed by atoms with Crippen LogP contribution in [-0.2, 0) is 16.1 Å². The third-order valence-electron chi connectivity index (χ3n) is 6.16. The van der Waals surface area contributed by atoms with E-state index in [4.69, 9.17) is 0 Å². The largest absolute Gasteiger partial charge is 0.374 e. The van der Waals surface area contributed by atoms with E-state index in [1.54, 1.807) is 28.0 Å². The Balaban J connectivity index is 1.55. The molecule has 1 atom stereocenters. The molecule has 3 aromatic rings. The van der Waals surface area contributed by atoms with E-state index in [9.17, 15) is 9.59 Å². The number of thioether (sulfide) groups is 1. The van der Waals surface area contributed by atoms with Gasteiger partial charge in [-0.2, -0.15) is 11.8 Å². The summed E-state index contributed by atoms with van der Waals surface area (Å²) in [6.45, 7) is 2.65. The van der Waals surface area contributed by atoms with Crippen LogP contribution in [0.2, 0.25) is 0 Å². The molecule has 2 heterocycles. The van der Waals surface area contributed by atoms with Crippen LogP contribution in [0, 0.1) is 0 Å². The molecule has 0 spiro atoms. The minimum atomic E-state index is -0.649. The first-order valence-electron chi connectivity index (χ1n) is 12.3. The molecule has 0 aliphatic carbocycles. The van der Waals surface area contributed by atoms with Crippen molar-refractivity contribution in [1.29, 1.82) is 0 Å². The van der Waals surface area contributed by atoms with E-state index in [1.807, 2.05) is 60.9 Å². The number of rotatable bonds is 12. The summed E-state index contributed by atoms with van der Waals surface area (Å²) in [7, 11) is 0. The van der Waals surface area contributed by atoms with Crippen molar-refractivity contribution < 1.29 is 9.59 Å². The number of hydrogen-bond donors (Lipinski definition) is 1. The van der Waals surface area contributed by atoms with Gasteiger partial charge in [-0.3, -0.25) is 9.59 Å². The van der Waals surface area contributed by atoms with Crippen molar-refractivity contribution >= 4 is 45.0 Å². The van der Waals surface area contributed by atoms with Crippen LogP contribution < -0.4 is 5.32 Å². The zero-order chi connectivity index (χ0) is 25.2. The van der Waals surface area contributed by atoms with Crippen molar-refractivity contribution in [3.63, 3.8) is 0 Å². The first-order valence-corrected chi connectivity index (χ1v) is 14.5. The van der Waals surface area contributed by atoms with Crippen molar-refractivity contribution in [2.24, 2.45) is 0 Å². The standard InChI is InChI=1S/C29H33N3O2S2/c1-35-20-19-32(27(33)15-10-18-31-16-8-3-9-17-31)28(26-21-24-13-6-7-14-25(24)36-26)29(34)30-22-23-11-4-2-5-12-23/h2-9,11-14,16,21,28H,10,15,17-20,22H2,1H3,(H,30,34). The SMILES string of the molecule is CSCCN(C(=O)CCCN1C=CC=CC1)C(C(=O)NCc1ccccc1)c1cc2ccccc2s1. The van der Waals surface area contributed by atoms with Gasteiger partial charge in [-0.15, -0.1) is 11.3 Å². The summed E-state index contributed by atoms with van der Waals surface area (Å²) in [5.41, 5.74) is 1.03. The number of fused-ring (bicyclic) bond motifs is 1. The molecule has 0 saturated carbocycles. The molecular formula is C29H33N3O2S2. The summed E-state index contributed by atoms with van der Waals surface area (Å²) in [6, 6.07) is 19.4. The molecule has 1 aromatic heterocycles. The second kappa shape index (κ2) is 13.3. The molecule has 7 heteroatoms. The molecule has 1 N–H and O–H groups in total. The minimum absolute atomic E-state index is 0.0258. The van der Waals surface area contributed by atoms with Gasteiger partial charge in [-0.05, 0) is 48.0 Å². The smallest absolute Gasteiger partial charge is 0.248 e. The molecule has 0 radical (unpaired) electrons. The zero-order valence-corrected chi connectivity index (χ0v) is 22.3. The van der Waals surface area contributed by atoms with E-state index in [0.29, 0.717) is 19.5 Å². The Morgan fingerprint density at radius 3 is 2.67 bits per heavy atom. The maximum absolute atomic E-state index is 13.7. The van der Waals surface area contributed by atoms with Crippen molar-refractivity contribution in [3.8, 4) is 0 Å². The van der Waals surface area contributed by atoms with Crippen molar-refractivity contribution in [1.82, 2.24) is 15.1 Å². The molecule has 1 aliphatic rings. The average Bonchev–Trinajstić information content (AvgIpc) is 3.34. The number of hydrogen-bond acceptors (Lipinski definition) is 5. The minimum Gasteiger partial charge on any atom is -0.374 e. The lowest BCUT2D eigenvalue weighted by Crippen LogP contribution is -2.44. The van der Waals surface area contributed by atoms with Crippen molar-refractivity contribution in [2.75, 3.05) is 31.6 Å². The van der Waals surface area contributed by atoms with Gasteiger partial charge < -0.3 is 15.1 Å². The molecule has 2 amide bonds. The van der Waals surface area contributed by atoms with Crippen LogP contribution in [0.3, 0.4) is 0 Å². The highest BCUT2D eigenvalue weighted by Crippen LogP contribution is 2.34. The fourth-order valence-corrected chi connectivity index (χ4v) is 5.84. The average molecular weight is 520 g/mol. The molecule has 1 aliphatic heterocycles. The highest BCUT2D eigenvalue weighted by atomic mass is 32.2. The van der Waals surface area contributed by atoms with E-state index in [0.717, 1.165) is 45.8 Å². The lowest BCUT2D eigenvalue weighted by molar-refractivity contribution is -0.140. The predicted molar refractivity (Wildman–Crippen MR) is 152 cm³/mol. The summed E-state index contributed by atoms with van der Waals surface area (Å²) in [4.78, 5) is 32.2. The lowest BCUT2D eigenvalue weighted by atomic mass is 10.1. The number of nitrogens with zero attached hydrogens (tertiary/aromatic N) is 2. The second-order valence-corrected chi connectivity index (χ2v) is 10.8. The number of carbonyl (C=O) groups excluding carboxylic acids is 2. The van der Waals surface area contributed by atoms with Crippen LogP contribution in [0.25, 0.3) is 10.1 Å². The number of nitrogens with one attached hydrogen (secondary N) is 1. The monoisotopic (exact) mass is 519 g/mol. The molecule has 0 saturated heterocycles. The van der Waals surface area contributed by atoms with E-state index in [2.05, 4.69) is 40.7 Å². The Kier molecular flexibility index (Phi) is 9.64. The van der Waals surface area contributed by atoms with Gasteiger partial charge in [0.25, 0.3) is 0 Å². The summed E-state index contributed by atoms with van der Waals surface area (Å²) >= 11 is 3.28. The summed E-state index contributed by atoms with van der Waals surface area (Å²) in [5, 5.41) is 4.20. The van der Waals surface area contributed by atoms with Crippen molar-refractivity contribution in [3.05, 3.63) is 95.5 Å². The quantitative estimate of drug-likeness (QED) is 0.338. The Morgan fingerprint density at radius 1 is 1.11 bits per heavy atom. The number of thiophene rings is 1. The number of amides is 2. The van der Waals surface area contributed by atoms with Gasteiger partial charge in [0.15, 0.2) is 0 Å². The third kappa shape index (κ3) is 7.02. The molecule has 188 valence electrons. The fraction of sp³-hybridized carbons (Fsp3) is 0.310. The van der Waals surface area contributed by atoms with Gasteiger partial charge in [0, 0.05) is 47.9 Å². The maximum atomic E-state index is 13.7. The van der Waals surface area contributed by atoms with Gasteiger partial charge in [0.1, 0.15) is 6.04 Å². The Labute approximate surface area is 221 Å². The van der Waals surface area contributed by atoms with Crippen LogP contribution >= 0.6 is 23.1 Å². The van der Waals surface area contributed by atoms with E-state index in [1.165, 1.54) is 0 Å².